The monoisotopic (exact) mass is 438 g/mol. The van der Waals surface area contributed by atoms with Gasteiger partial charge in [-0.05, 0) is 36.4 Å². The third-order valence-electron chi connectivity index (χ3n) is 6.41. The molecule has 0 saturated carbocycles. The molecule has 1 N–H and O–H groups in total. The number of likely N-dealkylation sites (tertiary alicyclic amines) is 2. The summed E-state index contributed by atoms with van der Waals surface area (Å²) in [6.07, 6.45) is 2.26. The van der Waals surface area contributed by atoms with Crippen LogP contribution in [-0.4, -0.2) is 60.1 Å². The minimum atomic E-state index is -0.250. The molecule has 2 saturated heterocycles. The van der Waals surface area contributed by atoms with Crippen LogP contribution in [0, 0.1) is 11.8 Å². The molecule has 2 aliphatic rings. The van der Waals surface area contributed by atoms with Crippen molar-refractivity contribution in [2.75, 3.05) is 32.8 Å². The Morgan fingerprint density at radius 1 is 1.03 bits per heavy atom. The Bertz CT molecular complexity index is 830. The number of fused-ring (bicyclic) bond motifs is 1. The Morgan fingerprint density at radius 2 is 1.69 bits per heavy atom. The Balaban J connectivity index is 0.000000913. The van der Waals surface area contributed by atoms with Gasteiger partial charge in [-0.2, -0.15) is 0 Å². The molecule has 2 heterocycles. The average molecular weight is 439 g/mol. The number of rotatable bonds is 8. The Morgan fingerprint density at radius 3 is 2.34 bits per heavy atom. The highest BCUT2D eigenvalue weighted by molar-refractivity contribution is 5.74. The first-order valence-electron chi connectivity index (χ1n) is 11.4. The normalized spacial score (nSPS) is 22.2. The summed E-state index contributed by atoms with van der Waals surface area (Å²) in [5.74, 6) is 1.35. The molecule has 32 heavy (non-hydrogen) atoms. The molecule has 2 aliphatic heterocycles. The Hall–Kier alpha value is -2.70. The maximum absolute atomic E-state index is 12.2. The van der Waals surface area contributed by atoms with Crippen LogP contribution in [0.15, 0.2) is 60.7 Å². The highest BCUT2D eigenvalue weighted by atomic mass is 16.5. The minimum absolute atomic E-state index is 0.204. The zero-order valence-electron chi connectivity index (χ0n) is 18.8. The van der Waals surface area contributed by atoms with Gasteiger partial charge in [0.25, 0.3) is 6.47 Å². The van der Waals surface area contributed by atoms with Gasteiger partial charge in [0.15, 0.2) is 0 Å². The summed E-state index contributed by atoms with van der Waals surface area (Å²) in [7, 11) is 0. The van der Waals surface area contributed by atoms with Gasteiger partial charge in [-0.15, -0.1) is 0 Å². The van der Waals surface area contributed by atoms with E-state index in [4.69, 9.17) is 14.6 Å². The van der Waals surface area contributed by atoms with Crippen molar-refractivity contribution in [3.8, 4) is 0 Å². The van der Waals surface area contributed by atoms with Gasteiger partial charge in [0.05, 0.1) is 12.6 Å². The molecule has 6 nitrogen and oxygen atoms in total. The van der Waals surface area contributed by atoms with E-state index in [0.717, 1.165) is 39.2 Å². The number of hydrogen-bond acceptors (Lipinski definition) is 4. The number of nitrogens with zero attached hydrogens (tertiary/aromatic N) is 2. The fourth-order valence-corrected chi connectivity index (χ4v) is 5.03. The fraction of sp³-hybridized carbons (Fsp3) is 0.462. The van der Waals surface area contributed by atoms with Crippen molar-refractivity contribution in [1.29, 1.82) is 0 Å². The molecule has 0 bridgehead atoms. The number of benzene rings is 2. The summed E-state index contributed by atoms with van der Waals surface area (Å²) in [4.78, 5) is 25.3. The predicted octanol–water partition coefficient (Wildman–Crippen LogP) is 3.84. The zero-order valence-corrected chi connectivity index (χ0v) is 18.8. The number of amides is 1. The molecule has 2 aromatic carbocycles. The largest absolute Gasteiger partial charge is 0.483 e. The van der Waals surface area contributed by atoms with Crippen molar-refractivity contribution in [3.05, 3.63) is 71.8 Å². The van der Waals surface area contributed by atoms with Gasteiger partial charge < -0.3 is 19.6 Å². The number of carboxylic acid groups (broad SMARTS) is 1. The summed E-state index contributed by atoms with van der Waals surface area (Å²) < 4.78 is 5.81. The first-order valence-corrected chi connectivity index (χ1v) is 11.4. The predicted molar refractivity (Wildman–Crippen MR) is 124 cm³/mol. The lowest BCUT2D eigenvalue weighted by molar-refractivity contribution is -0.130. The highest BCUT2D eigenvalue weighted by Crippen LogP contribution is 2.44. The number of carbonyl (C=O) groups is 2. The second-order valence-electron chi connectivity index (χ2n) is 8.56. The second kappa shape index (κ2) is 12.4. The standard InChI is InChI=1S/C25H32N2O2.CH2O2/c1-20(28)27-17-23-16-26(18-24(23)25(27)22-12-6-3-7-13-22)14-8-9-15-29-19-21-10-4-2-5-11-21;2-1-3/h2-7,10-13,23-25H,8-9,14-19H2,1H3;1H,(H,2,3)/t23-,24-,25-;/m1./s1. The lowest BCUT2D eigenvalue weighted by atomic mass is 9.89. The lowest BCUT2D eigenvalue weighted by Gasteiger charge is -2.29. The first kappa shape index (κ1) is 24.0. The van der Waals surface area contributed by atoms with E-state index >= 15 is 0 Å². The van der Waals surface area contributed by atoms with Crippen molar-refractivity contribution in [2.45, 2.75) is 32.4 Å². The van der Waals surface area contributed by atoms with Gasteiger partial charge in [-0.1, -0.05) is 60.7 Å². The number of hydrogen-bond donors (Lipinski definition) is 1. The molecule has 2 fully saturated rings. The van der Waals surface area contributed by atoms with Gasteiger partial charge in [0, 0.05) is 39.1 Å². The molecule has 3 atom stereocenters. The maximum atomic E-state index is 12.2. The van der Waals surface area contributed by atoms with Gasteiger partial charge in [0.2, 0.25) is 5.91 Å². The van der Waals surface area contributed by atoms with Crippen LogP contribution in [0.4, 0.5) is 0 Å². The molecular weight excluding hydrogens is 404 g/mol. The summed E-state index contributed by atoms with van der Waals surface area (Å²) in [5, 5.41) is 6.89. The molecule has 1 amide bonds. The molecule has 0 spiro atoms. The van der Waals surface area contributed by atoms with E-state index in [1.807, 2.05) is 6.07 Å². The van der Waals surface area contributed by atoms with Gasteiger partial charge in [0.1, 0.15) is 0 Å². The smallest absolute Gasteiger partial charge is 0.290 e. The van der Waals surface area contributed by atoms with Crippen molar-refractivity contribution >= 4 is 12.4 Å². The zero-order chi connectivity index (χ0) is 22.8. The molecule has 172 valence electrons. The van der Waals surface area contributed by atoms with Crippen molar-refractivity contribution < 1.29 is 19.4 Å². The average Bonchev–Trinajstić information content (AvgIpc) is 3.35. The van der Waals surface area contributed by atoms with E-state index in [-0.39, 0.29) is 18.4 Å². The van der Waals surface area contributed by atoms with Crippen LogP contribution >= 0.6 is 0 Å². The van der Waals surface area contributed by atoms with Gasteiger partial charge in [-0.25, -0.2) is 0 Å². The number of ether oxygens (including phenoxy) is 1. The third kappa shape index (κ3) is 6.40. The maximum Gasteiger partial charge on any atom is 0.290 e. The van der Waals surface area contributed by atoms with Crippen molar-refractivity contribution in [2.24, 2.45) is 11.8 Å². The molecule has 0 unspecified atom stereocenters. The van der Waals surface area contributed by atoms with Crippen LogP contribution in [0.2, 0.25) is 0 Å². The molecular formula is C26H34N2O4. The summed E-state index contributed by atoms with van der Waals surface area (Å²) in [6.45, 7) is 7.22. The molecule has 2 aromatic rings. The molecule has 4 rings (SSSR count). The van der Waals surface area contributed by atoms with Crippen LogP contribution in [-0.2, 0) is 20.9 Å². The first-order chi connectivity index (χ1) is 15.6. The van der Waals surface area contributed by atoms with E-state index in [9.17, 15) is 4.79 Å². The molecule has 6 heteroatoms. The number of carbonyl (C=O) groups excluding carboxylic acids is 1. The van der Waals surface area contributed by atoms with E-state index in [1.54, 1.807) is 6.92 Å². The van der Waals surface area contributed by atoms with E-state index in [1.165, 1.54) is 17.5 Å². The van der Waals surface area contributed by atoms with Crippen LogP contribution in [0.3, 0.4) is 0 Å². The summed E-state index contributed by atoms with van der Waals surface area (Å²) in [5.41, 5.74) is 2.52. The summed E-state index contributed by atoms with van der Waals surface area (Å²) in [6, 6.07) is 21.2. The van der Waals surface area contributed by atoms with Crippen LogP contribution < -0.4 is 0 Å². The van der Waals surface area contributed by atoms with Crippen molar-refractivity contribution in [3.63, 3.8) is 0 Å². The SMILES string of the molecule is CC(=O)N1C[C@H]2CN(CCCCOCc3ccccc3)C[C@H]2[C@H]1c1ccccc1.O=CO. The quantitative estimate of drug-likeness (QED) is 0.501. The lowest BCUT2D eigenvalue weighted by Crippen LogP contribution is -2.34. The van der Waals surface area contributed by atoms with Crippen LogP contribution in [0.1, 0.15) is 36.9 Å². The van der Waals surface area contributed by atoms with Gasteiger partial charge in [-0.3, -0.25) is 9.59 Å². The van der Waals surface area contributed by atoms with Gasteiger partial charge >= 0.3 is 0 Å². The third-order valence-corrected chi connectivity index (χ3v) is 6.41. The minimum Gasteiger partial charge on any atom is -0.483 e. The summed E-state index contributed by atoms with van der Waals surface area (Å²) >= 11 is 0. The van der Waals surface area contributed by atoms with E-state index < -0.39 is 0 Å². The van der Waals surface area contributed by atoms with E-state index in [0.29, 0.717) is 18.4 Å². The highest BCUT2D eigenvalue weighted by Gasteiger charge is 2.48. The van der Waals surface area contributed by atoms with Crippen LogP contribution in [0.5, 0.6) is 0 Å². The molecule has 0 radical (unpaired) electrons. The second-order valence-corrected chi connectivity index (χ2v) is 8.56. The molecule has 0 aromatic heterocycles. The molecule has 0 aliphatic carbocycles. The Kier molecular flexibility index (Phi) is 9.26. The van der Waals surface area contributed by atoms with E-state index in [2.05, 4.69) is 64.4 Å². The fourth-order valence-electron chi connectivity index (χ4n) is 5.03. The van der Waals surface area contributed by atoms with Crippen molar-refractivity contribution in [1.82, 2.24) is 9.80 Å². The topological polar surface area (TPSA) is 70.1 Å². The Labute approximate surface area is 190 Å². The number of unbranched alkanes of at least 4 members (excludes halogenated alkanes) is 1. The van der Waals surface area contributed by atoms with Crippen LogP contribution in [0.25, 0.3) is 0 Å².